The maximum atomic E-state index is 13.7. The molecule has 0 saturated heterocycles. The molecule has 19 heavy (non-hydrogen) atoms. The Morgan fingerprint density at radius 1 is 1.21 bits per heavy atom. The lowest BCUT2D eigenvalue weighted by molar-refractivity contribution is 0.511. The first-order valence-electron chi connectivity index (χ1n) is 6.38. The highest BCUT2D eigenvalue weighted by molar-refractivity contribution is 7.15. The van der Waals surface area contributed by atoms with Crippen molar-refractivity contribution in [2.75, 3.05) is 7.05 Å². The van der Waals surface area contributed by atoms with Crippen LogP contribution in [0.5, 0.6) is 0 Å². The standard InChI is InChI=1S/C15H17F2NS/c1-3-5-12(18-2)14-9-8-13(19-14)10-6-4-7-11(16)15(10)17/h4,6-9,12,18H,3,5H2,1-2H3. The first-order valence-corrected chi connectivity index (χ1v) is 7.20. The second-order valence-electron chi connectivity index (χ2n) is 4.43. The van der Waals surface area contributed by atoms with Crippen molar-refractivity contribution in [3.8, 4) is 10.4 Å². The van der Waals surface area contributed by atoms with E-state index in [0.717, 1.165) is 28.7 Å². The van der Waals surface area contributed by atoms with Crippen LogP contribution in [0, 0.1) is 11.6 Å². The smallest absolute Gasteiger partial charge is 0.167 e. The van der Waals surface area contributed by atoms with Crippen molar-refractivity contribution in [3.05, 3.63) is 46.8 Å². The van der Waals surface area contributed by atoms with Gasteiger partial charge in [0.2, 0.25) is 0 Å². The maximum Gasteiger partial charge on any atom is 0.167 e. The minimum absolute atomic E-state index is 0.278. The Hall–Kier alpha value is -1.26. The molecule has 0 saturated carbocycles. The van der Waals surface area contributed by atoms with Gasteiger partial charge in [0.05, 0.1) is 0 Å². The van der Waals surface area contributed by atoms with Crippen molar-refractivity contribution in [2.24, 2.45) is 0 Å². The third-order valence-electron chi connectivity index (χ3n) is 3.11. The zero-order valence-corrected chi connectivity index (χ0v) is 11.9. The van der Waals surface area contributed by atoms with Gasteiger partial charge in [-0.1, -0.05) is 25.5 Å². The molecule has 1 aromatic heterocycles. The van der Waals surface area contributed by atoms with Crippen LogP contribution >= 0.6 is 11.3 Å². The second kappa shape index (κ2) is 6.26. The summed E-state index contributed by atoms with van der Waals surface area (Å²) in [7, 11) is 1.92. The van der Waals surface area contributed by atoms with E-state index in [1.165, 1.54) is 17.4 Å². The normalized spacial score (nSPS) is 12.6. The molecular weight excluding hydrogens is 264 g/mol. The van der Waals surface area contributed by atoms with Gasteiger partial charge in [0.15, 0.2) is 11.6 Å². The van der Waals surface area contributed by atoms with E-state index in [0.29, 0.717) is 5.56 Å². The summed E-state index contributed by atoms with van der Waals surface area (Å²) >= 11 is 1.51. The quantitative estimate of drug-likeness (QED) is 0.833. The Labute approximate surface area is 116 Å². The van der Waals surface area contributed by atoms with Crippen molar-refractivity contribution in [1.82, 2.24) is 5.32 Å². The number of hydrogen-bond donors (Lipinski definition) is 1. The fourth-order valence-corrected chi connectivity index (χ4v) is 3.27. The Morgan fingerprint density at radius 2 is 2.00 bits per heavy atom. The topological polar surface area (TPSA) is 12.0 Å². The average Bonchev–Trinajstić information content (AvgIpc) is 2.88. The van der Waals surface area contributed by atoms with Gasteiger partial charge in [-0.3, -0.25) is 0 Å². The molecule has 1 aromatic carbocycles. The van der Waals surface area contributed by atoms with E-state index >= 15 is 0 Å². The highest BCUT2D eigenvalue weighted by Crippen LogP contribution is 2.34. The summed E-state index contributed by atoms with van der Waals surface area (Å²) in [6.07, 6.45) is 2.11. The second-order valence-corrected chi connectivity index (χ2v) is 5.55. The van der Waals surface area contributed by atoms with Crippen LogP contribution in [0.3, 0.4) is 0 Å². The minimum atomic E-state index is -0.800. The number of rotatable bonds is 5. The van der Waals surface area contributed by atoms with Crippen molar-refractivity contribution >= 4 is 11.3 Å². The van der Waals surface area contributed by atoms with Gasteiger partial charge in [0.1, 0.15) is 0 Å². The zero-order valence-electron chi connectivity index (χ0n) is 11.0. The summed E-state index contributed by atoms with van der Waals surface area (Å²) in [6.45, 7) is 2.13. The van der Waals surface area contributed by atoms with Gasteiger partial charge in [0, 0.05) is 21.4 Å². The minimum Gasteiger partial charge on any atom is -0.312 e. The van der Waals surface area contributed by atoms with Gasteiger partial charge in [-0.15, -0.1) is 11.3 Å². The predicted octanol–water partition coefficient (Wildman–Crippen LogP) is 4.75. The molecule has 0 bridgehead atoms. The Balaban J connectivity index is 2.32. The number of thiophene rings is 1. The fraction of sp³-hybridized carbons (Fsp3) is 0.333. The highest BCUT2D eigenvalue weighted by Gasteiger charge is 2.15. The molecule has 1 unspecified atom stereocenters. The van der Waals surface area contributed by atoms with E-state index in [1.54, 1.807) is 6.07 Å². The van der Waals surface area contributed by atoms with Gasteiger partial charge >= 0.3 is 0 Å². The van der Waals surface area contributed by atoms with Crippen LogP contribution in [0.25, 0.3) is 10.4 Å². The molecule has 1 nitrogen and oxygen atoms in total. The largest absolute Gasteiger partial charge is 0.312 e. The molecule has 0 aliphatic rings. The van der Waals surface area contributed by atoms with Crippen LogP contribution in [0.4, 0.5) is 8.78 Å². The molecule has 0 spiro atoms. The molecular formula is C15H17F2NS. The Morgan fingerprint density at radius 3 is 2.68 bits per heavy atom. The summed E-state index contributed by atoms with van der Waals surface area (Å²) in [5.41, 5.74) is 0.336. The van der Waals surface area contributed by atoms with Gasteiger partial charge in [-0.05, 0) is 31.7 Å². The summed E-state index contributed by atoms with van der Waals surface area (Å²) < 4.78 is 27.0. The third-order valence-corrected chi connectivity index (χ3v) is 4.35. The molecule has 0 aliphatic carbocycles. The molecule has 2 rings (SSSR count). The van der Waals surface area contributed by atoms with Gasteiger partial charge < -0.3 is 5.32 Å². The molecule has 0 amide bonds. The van der Waals surface area contributed by atoms with Crippen molar-refractivity contribution in [3.63, 3.8) is 0 Å². The van der Waals surface area contributed by atoms with E-state index < -0.39 is 11.6 Å². The summed E-state index contributed by atoms with van der Waals surface area (Å²) in [4.78, 5) is 1.92. The van der Waals surface area contributed by atoms with E-state index in [1.807, 2.05) is 19.2 Å². The Kier molecular flexibility index (Phi) is 4.66. The van der Waals surface area contributed by atoms with E-state index in [9.17, 15) is 8.78 Å². The van der Waals surface area contributed by atoms with Gasteiger partial charge in [-0.25, -0.2) is 8.78 Å². The van der Waals surface area contributed by atoms with Crippen molar-refractivity contribution in [2.45, 2.75) is 25.8 Å². The van der Waals surface area contributed by atoms with Crippen LogP contribution in [0.2, 0.25) is 0 Å². The first kappa shape index (κ1) is 14.2. The zero-order chi connectivity index (χ0) is 13.8. The fourth-order valence-electron chi connectivity index (χ4n) is 2.10. The lowest BCUT2D eigenvalue weighted by atomic mass is 10.1. The molecule has 1 atom stereocenters. The maximum absolute atomic E-state index is 13.7. The molecule has 0 aliphatic heterocycles. The molecule has 1 N–H and O–H groups in total. The summed E-state index contributed by atoms with van der Waals surface area (Å²) in [5, 5.41) is 3.25. The van der Waals surface area contributed by atoms with Crippen LogP contribution in [-0.4, -0.2) is 7.05 Å². The first-order chi connectivity index (χ1) is 9.17. The van der Waals surface area contributed by atoms with Crippen molar-refractivity contribution < 1.29 is 8.78 Å². The van der Waals surface area contributed by atoms with Crippen LogP contribution in [0.15, 0.2) is 30.3 Å². The number of benzene rings is 1. The highest BCUT2D eigenvalue weighted by atomic mass is 32.1. The predicted molar refractivity (Wildman–Crippen MR) is 76.4 cm³/mol. The lowest BCUT2D eigenvalue weighted by Crippen LogP contribution is -2.14. The van der Waals surface area contributed by atoms with E-state index in [-0.39, 0.29) is 6.04 Å². The lowest BCUT2D eigenvalue weighted by Gasteiger charge is -2.12. The van der Waals surface area contributed by atoms with Crippen LogP contribution in [0.1, 0.15) is 30.7 Å². The third kappa shape index (κ3) is 3.01. The molecule has 4 heteroatoms. The monoisotopic (exact) mass is 281 g/mol. The van der Waals surface area contributed by atoms with Crippen molar-refractivity contribution in [1.29, 1.82) is 0 Å². The number of hydrogen-bond acceptors (Lipinski definition) is 2. The van der Waals surface area contributed by atoms with E-state index in [2.05, 4.69) is 12.2 Å². The summed E-state index contributed by atoms with van der Waals surface area (Å²) in [5.74, 6) is -1.57. The number of nitrogens with one attached hydrogen (secondary N) is 1. The molecule has 1 heterocycles. The average molecular weight is 281 g/mol. The molecule has 0 fully saturated rings. The van der Waals surface area contributed by atoms with Crippen LogP contribution < -0.4 is 5.32 Å². The molecule has 0 radical (unpaired) electrons. The Bertz CT molecular complexity index is 551. The molecule has 102 valence electrons. The number of halogens is 2. The van der Waals surface area contributed by atoms with E-state index in [4.69, 9.17) is 0 Å². The van der Waals surface area contributed by atoms with Gasteiger partial charge in [-0.2, -0.15) is 0 Å². The van der Waals surface area contributed by atoms with Crippen LogP contribution in [-0.2, 0) is 0 Å². The van der Waals surface area contributed by atoms with Gasteiger partial charge in [0.25, 0.3) is 0 Å². The SMILES string of the molecule is CCCC(NC)c1ccc(-c2cccc(F)c2F)s1. The summed E-state index contributed by atoms with van der Waals surface area (Å²) in [6, 6.07) is 8.41. The molecule has 2 aromatic rings.